The van der Waals surface area contributed by atoms with Crippen LogP contribution in [0.25, 0.3) is 11.5 Å². The molecule has 0 amide bonds. The van der Waals surface area contributed by atoms with Gasteiger partial charge in [0.15, 0.2) is 5.76 Å². The predicted octanol–water partition coefficient (Wildman–Crippen LogP) is 0.902. The van der Waals surface area contributed by atoms with E-state index in [1.165, 1.54) is 12.6 Å². The first-order valence-corrected chi connectivity index (χ1v) is 3.84. The van der Waals surface area contributed by atoms with Gasteiger partial charge in [0, 0.05) is 0 Å². The first-order valence-electron chi connectivity index (χ1n) is 3.84. The molecule has 2 aromatic rings. The second-order valence-electron chi connectivity index (χ2n) is 2.54. The Kier molecular flexibility index (Phi) is 1.88. The summed E-state index contributed by atoms with van der Waals surface area (Å²) in [6.45, 7) is 0. The normalized spacial score (nSPS) is 9.64. The van der Waals surface area contributed by atoms with Crippen molar-refractivity contribution in [2.45, 2.75) is 0 Å². The van der Waals surface area contributed by atoms with Gasteiger partial charge in [-0.3, -0.25) is 4.79 Å². The summed E-state index contributed by atoms with van der Waals surface area (Å²) in [5.41, 5.74) is -0.238. The third-order valence-corrected chi connectivity index (χ3v) is 1.72. The average molecular weight is 187 g/mol. The fourth-order valence-corrected chi connectivity index (χ4v) is 1.10. The van der Waals surface area contributed by atoms with Crippen LogP contribution < -0.4 is 5.56 Å². The Morgan fingerprint density at radius 2 is 2.43 bits per heavy atom. The molecule has 0 aliphatic carbocycles. The van der Waals surface area contributed by atoms with Crippen molar-refractivity contribution in [2.24, 2.45) is 0 Å². The lowest BCUT2D eigenvalue weighted by molar-refractivity contribution is 0.579. The van der Waals surface area contributed by atoms with Gasteiger partial charge in [0.2, 0.25) is 0 Å². The minimum Gasteiger partial charge on any atom is -0.463 e. The smallest absolute Gasteiger partial charge is 0.269 e. The maximum atomic E-state index is 11.2. The maximum Gasteiger partial charge on any atom is 0.269 e. The Morgan fingerprint density at radius 1 is 1.57 bits per heavy atom. The highest BCUT2D eigenvalue weighted by atomic mass is 16.3. The van der Waals surface area contributed by atoms with Crippen molar-refractivity contribution in [3.8, 4) is 17.5 Å². The molecule has 5 heteroatoms. The van der Waals surface area contributed by atoms with E-state index in [0.29, 0.717) is 5.76 Å². The average Bonchev–Trinajstić information content (AvgIpc) is 2.70. The molecule has 0 fully saturated rings. The molecule has 0 atom stereocenters. The lowest BCUT2D eigenvalue weighted by atomic mass is 10.2. The molecule has 0 saturated carbocycles. The molecule has 0 saturated heterocycles. The van der Waals surface area contributed by atoms with Crippen molar-refractivity contribution in [3.63, 3.8) is 0 Å². The van der Waals surface area contributed by atoms with Crippen LogP contribution >= 0.6 is 0 Å². The lowest BCUT2D eigenvalue weighted by Gasteiger charge is -1.95. The minimum absolute atomic E-state index is 0.0394. The first kappa shape index (κ1) is 8.26. The number of aromatic nitrogens is 2. The highest BCUT2D eigenvalue weighted by Crippen LogP contribution is 2.17. The van der Waals surface area contributed by atoms with Crippen LogP contribution in [-0.2, 0) is 0 Å². The molecule has 0 aliphatic rings. The molecule has 0 bridgehead atoms. The Labute approximate surface area is 78.6 Å². The minimum atomic E-state index is -0.464. The summed E-state index contributed by atoms with van der Waals surface area (Å²) in [6.07, 6.45) is 2.69. The van der Waals surface area contributed by atoms with Gasteiger partial charge in [-0.1, -0.05) is 0 Å². The van der Waals surface area contributed by atoms with E-state index >= 15 is 0 Å². The highest BCUT2D eigenvalue weighted by Gasteiger charge is 2.11. The van der Waals surface area contributed by atoms with Gasteiger partial charge >= 0.3 is 0 Å². The summed E-state index contributed by atoms with van der Waals surface area (Å²) < 4.78 is 5.05. The summed E-state index contributed by atoms with van der Waals surface area (Å²) in [7, 11) is 0. The van der Waals surface area contributed by atoms with E-state index < -0.39 is 5.56 Å². The van der Waals surface area contributed by atoms with Gasteiger partial charge in [0.25, 0.3) is 5.56 Å². The van der Waals surface area contributed by atoms with Gasteiger partial charge in [-0.25, -0.2) is 4.98 Å². The standard InChI is InChI=1S/C9H5N3O2/c10-4-6-8(7-2-1-3-14-7)11-5-12-9(6)13/h1-3,5H,(H,11,12,13). The van der Waals surface area contributed by atoms with E-state index in [-0.39, 0.29) is 11.3 Å². The maximum absolute atomic E-state index is 11.2. The topological polar surface area (TPSA) is 82.7 Å². The number of hydrogen-bond acceptors (Lipinski definition) is 4. The largest absolute Gasteiger partial charge is 0.463 e. The van der Waals surface area contributed by atoms with E-state index in [9.17, 15) is 4.79 Å². The van der Waals surface area contributed by atoms with Crippen molar-refractivity contribution in [1.29, 1.82) is 5.26 Å². The van der Waals surface area contributed by atoms with Gasteiger partial charge in [-0.2, -0.15) is 5.26 Å². The number of aromatic amines is 1. The fourth-order valence-electron chi connectivity index (χ4n) is 1.10. The second kappa shape index (κ2) is 3.18. The molecule has 68 valence electrons. The van der Waals surface area contributed by atoms with Crippen LogP contribution in [0.1, 0.15) is 5.56 Å². The van der Waals surface area contributed by atoms with Gasteiger partial charge in [0.1, 0.15) is 17.3 Å². The van der Waals surface area contributed by atoms with Gasteiger partial charge in [-0.15, -0.1) is 0 Å². The molecule has 2 heterocycles. The summed E-state index contributed by atoms with van der Waals surface area (Å²) >= 11 is 0. The lowest BCUT2D eigenvalue weighted by Crippen LogP contribution is -2.11. The molecule has 0 radical (unpaired) electrons. The number of H-pyrrole nitrogens is 1. The molecular formula is C9H5N3O2. The molecule has 0 spiro atoms. The summed E-state index contributed by atoms with van der Waals surface area (Å²) in [5.74, 6) is 0.410. The van der Waals surface area contributed by atoms with Crippen molar-refractivity contribution >= 4 is 0 Å². The van der Waals surface area contributed by atoms with Gasteiger partial charge in [0.05, 0.1) is 12.6 Å². The van der Waals surface area contributed by atoms with E-state index in [4.69, 9.17) is 9.68 Å². The second-order valence-corrected chi connectivity index (χ2v) is 2.54. The van der Waals surface area contributed by atoms with E-state index in [2.05, 4.69) is 9.97 Å². The SMILES string of the molecule is N#Cc1c(-c2ccco2)nc[nH]c1=O. The van der Waals surface area contributed by atoms with E-state index in [1.807, 2.05) is 0 Å². The molecule has 2 aromatic heterocycles. The number of nitrogens with one attached hydrogen (secondary N) is 1. The number of hydrogen-bond donors (Lipinski definition) is 1. The molecular weight excluding hydrogens is 182 g/mol. The molecule has 1 N–H and O–H groups in total. The van der Waals surface area contributed by atoms with Crippen molar-refractivity contribution in [3.05, 3.63) is 40.6 Å². The molecule has 0 unspecified atom stereocenters. The third kappa shape index (κ3) is 1.19. The first-order chi connectivity index (χ1) is 6.83. The number of nitrogens with zero attached hydrogens (tertiary/aromatic N) is 2. The van der Waals surface area contributed by atoms with Crippen LogP contribution in [0.15, 0.2) is 33.9 Å². The Bertz CT molecular complexity index is 534. The molecule has 0 aliphatic heterocycles. The predicted molar refractivity (Wildman–Crippen MR) is 47.3 cm³/mol. The molecule has 0 aromatic carbocycles. The summed E-state index contributed by atoms with van der Waals surface area (Å²) in [5, 5.41) is 8.75. The Balaban J connectivity index is 2.72. The zero-order valence-corrected chi connectivity index (χ0v) is 7.02. The van der Waals surface area contributed by atoms with Gasteiger partial charge in [-0.05, 0) is 12.1 Å². The van der Waals surface area contributed by atoms with Crippen molar-refractivity contribution < 1.29 is 4.42 Å². The number of nitriles is 1. The van der Waals surface area contributed by atoms with Crippen molar-refractivity contribution in [1.82, 2.24) is 9.97 Å². The van der Waals surface area contributed by atoms with Gasteiger partial charge < -0.3 is 9.40 Å². The summed E-state index contributed by atoms with van der Waals surface area (Å²) in [4.78, 5) is 17.4. The molecule has 5 nitrogen and oxygen atoms in total. The molecule has 14 heavy (non-hydrogen) atoms. The van der Waals surface area contributed by atoms with Crippen LogP contribution in [-0.4, -0.2) is 9.97 Å². The van der Waals surface area contributed by atoms with Crippen molar-refractivity contribution in [2.75, 3.05) is 0 Å². The Hall–Kier alpha value is -2.35. The Morgan fingerprint density at radius 3 is 3.07 bits per heavy atom. The fraction of sp³-hybridized carbons (Fsp3) is 0. The quantitative estimate of drug-likeness (QED) is 0.718. The monoisotopic (exact) mass is 187 g/mol. The van der Waals surface area contributed by atoms with Crippen LogP contribution in [0.5, 0.6) is 0 Å². The number of furan rings is 1. The van der Waals surface area contributed by atoms with Crippen LogP contribution in [0.2, 0.25) is 0 Å². The summed E-state index contributed by atoms with van der Waals surface area (Å²) in [6, 6.07) is 5.09. The van der Waals surface area contributed by atoms with Crippen LogP contribution in [0.4, 0.5) is 0 Å². The zero-order chi connectivity index (χ0) is 9.97. The zero-order valence-electron chi connectivity index (χ0n) is 7.02. The highest BCUT2D eigenvalue weighted by molar-refractivity contribution is 5.59. The van der Waals surface area contributed by atoms with E-state index in [0.717, 1.165) is 0 Å². The van der Waals surface area contributed by atoms with Crippen LogP contribution in [0, 0.1) is 11.3 Å². The van der Waals surface area contributed by atoms with Crippen LogP contribution in [0.3, 0.4) is 0 Å². The number of rotatable bonds is 1. The third-order valence-electron chi connectivity index (χ3n) is 1.72. The molecule has 2 rings (SSSR count). The van der Waals surface area contributed by atoms with E-state index in [1.54, 1.807) is 18.2 Å².